The van der Waals surface area contributed by atoms with Crippen LogP contribution in [0.3, 0.4) is 0 Å². The molecule has 3 saturated heterocycles. The summed E-state index contributed by atoms with van der Waals surface area (Å²) in [6, 6.07) is 29.2. The largest absolute Gasteiger partial charge is 0.445 e. The van der Waals surface area contributed by atoms with Gasteiger partial charge in [0.1, 0.15) is 12.6 Å². The first-order valence-corrected chi connectivity index (χ1v) is 17.9. The maximum Gasteiger partial charge on any atom is 0.408 e. The molecule has 280 valence electrons. The fourth-order valence-corrected chi connectivity index (χ4v) is 7.03. The van der Waals surface area contributed by atoms with E-state index in [4.69, 9.17) is 14.2 Å². The van der Waals surface area contributed by atoms with Crippen molar-refractivity contribution in [2.75, 3.05) is 42.5 Å². The zero-order valence-electron chi connectivity index (χ0n) is 29.5. The third kappa shape index (κ3) is 8.58. The summed E-state index contributed by atoms with van der Waals surface area (Å²) in [5.41, 5.74) is 4.47. The Morgan fingerprint density at radius 3 is 2.30 bits per heavy atom. The van der Waals surface area contributed by atoms with Crippen molar-refractivity contribution < 1.29 is 38.6 Å². The van der Waals surface area contributed by atoms with Crippen molar-refractivity contribution in [1.29, 1.82) is 0 Å². The molecule has 0 aliphatic carbocycles. The van der Waals surface area contributed by atoms with Gasteiger partial charge in [-0.25, -0.2) is 9.69 Å². The van der Waals surface area contributed by atoms with Crippen molar-refractivity contribution >= 4 is 35.0 Å². The Morgan fingerprint density at radius 1 is 0.852 bits per heavy atom. The molecule has 4 aromatic rings. The number of hydrogen-bond acceptors (Lipinski definition) is 11. The number of ether oxygens (including phenoxy) is 3. The molecule has 1 unspecified atom stereocenters. The second kappa shape index (κ2) is 16.6. The molecule has 14 nitrogen and oxygen atoms in total. The number of aliphatic hydroxyl groups is 1. The van der Waals surface area contributed by atoms with Gasteiger partial charge in [-0.05, 0) is 41.0 Å². The molecular formula is C40H41N5O9. The van der Waals surface area contributed by atoms with Gasteiger partial charge in [0.25, 0.3) is 11.6 Å². The minimum Gasteiger partial charge on any atom is -0.445 e. The molecule has 3 fully saturated rings. The molecule has 14 heteroatoms. The van der Waals surface area contributed by atoms with Crippen molar-refractivity contribution in [3.05, 3.63) is 135 Å². The van der Waals surface area contributed by atoms with E-state index >= 15 is 0 Å². The Kier molecular flexibility index (Phi) is 11.2. The van der Waals surface area contributed by atoms with Crippen molar-refractivity contribution in [3.63, 3.8) is 0 Å². The van der Waals surface area contributed by atoms with Crippen LogP contribution in [0.25, 0.3) is 0 Å². The smallest absolute Gasteiger partial charge is 0.408 e. The van der Waals surface area contributed by atoms with E-state index < -0.39 is 35.2 Å². The van der Waals surface area contributed by atoms with Gasteiger partial charge >= 0.3 is 6.09 Å². The predicted octanol–water partition coefficient (Wildman–Crippen LogP) is 5.01. The molecule has 3 heterocycles. The highest BCUT2D eigenvalue weighted by Crippen LogP contribution is 2.39. The topological polar surface area (TPSA) is 164 Å². The zero-order valence-corrected chi connectivity index (χ0v) is 29.5. The molecule has 3 aliphatic rings. The maximum absolute atomic E-state index is 13.5. The molecule has 4 aromatic carbocycles. The molecule has 0 saturated carbocycles. The summed E-state index contributed by atoms with van der Waals surface area (Å²) in [4.78, 5) is 55.4. The van der Waals surface area contributed by atoms with Gasteiger partial charge in [0, 0.05) is 62.5 Å². The number of nitro benzene ring substituents is 1. The molecule has 3 amide bonds. The van der Waals surface area contributed by atoms with Gasteiger partial charge in [0.2, 0.25) is 5.91 Å². The summed E-state index contributed by atoms with van der Waals surface area (Å²) < 4.78 is 18.4. The number of non-ortho nitro benzene ring substituents is 1. The Labute approximate surface area is 312 Å². The Balaban J connectivity index is 1.03. The Morgan fingerprint density at radius 2 is 1.59 bits per heavy atom. The standard InChI is InChI=1S/C40H41N5O9/c46-25-27-9-11-29(12-10-27)36-22-34(24-42-17-19-43(20-18-42)31-13-15-32(16-14-31)45(50)51)53-39(54-36)30-7-4-8-33(21-30)44-37(47)23-35(38(44)48)41-40(49)52-26-28-5-2-1-3-6-28/h1-16,21,34-36,39,46H,17-20,22-26H2,(H,41,49)/t34-,35?,36+,39+/m0/s1. The van der Waals surface area contributed by atoms with E-state index in [1.54, 1.807) is 30.3 Å². The molecule has 0 bridgehead atoms. The van der Waals surface area contributed by atoms with E-state index in [9.17, 15) is 29.6 Å². The van der Waals surface area contributed by atoms with Crippen LogP contribution in [-0.2, 0) is 37.0 Å². The zero-order chi connectivity index (χ0) is 37.6. The molecule has 3 aliphatic heterocycles. The van der Waals surface area contributed by atoms with Gasteiger partial charge in [-0.1, -0.05) is 66.7 Å². The summed E-state index contributed by atoms with van der Waals surface area (Å²) in [6.07, 6.45) is -1.80. The van der Waals surface area contributed by atoms with Crippen LogP contribution in [0.5, 0.6) is 0 Å². The number of hydrogen-bond donors (Lipinski definition) is 2. The van der Waals surface area contributed by atoms with Crippen molar-refractivity contribution in [3.8, 4) is 0 Å². The van der Waals surface area contributed by atoms with Crippen LogP contribution < -0.4 is 15.1 Å². The number of nitrogens with zero attached hydrogens (tertiary/aromatic N) is 4. The number of imide groups is 1. The van der Waals surface area contributed by atoms with Crippen LogP contribution in [0.15, 0.2) is 103 Å². The number of carbonyl (C=O) groups excluding carboxylic acids is 3. The van der Waals surface area contributed by atoms with E-state index in [-0.39, 0.29) is 37.5 Å². The van der Waals surface area contributed by atoms with E-state index in [1.807, 2.05) is 60.7 Å². The van der Waals surface area contributed by atoms with Crippen molar-refractivity contribution in [2.45, 2.75) is 50.6 Å². The number of anilines is 2. The fourth-order valence-electron chi connectivity index (χ4n) is 7.03. The highest BCUT2D eigenvalue weighted by Gasteiger charge is 2.41. The molecule has 2 N–H and O–H groups in total. The lowest BCUT2D eigenvalue weighted by Gasteiger charge is -2.41. The maximum atomic E-state index is 13.5. The monoisotopic (exact) mass is 735 g/mol. The molecule has 54 heavy (non-hydrogen) atoms. The third-order valence-electron chi connectivity index (χ3n) is 9.93. The number of nitrogens with one attached hydrogen (secondary N) is 1. The van der Waals surface area contributed by atoms with Crippen molar-refractivity contribution in [2.24, 2.45) is 0 Å². The number of amides is 3. The number of nitro groups is 1. The Bertz CT molecular complexity index is 1950. The third-order valence-corrected chi connectivity index (χ3v) is 9.93. The fraction of sp³-hybridized carbons (Fsp3) is 0.325. The van der Waals surface area contributed by atoms with Crippen LogP contribution in [0, 0.1) is 10.1 Å². The number of carbonyl (C=O) groups is 3. The molecule has 0 aromatic heterocycles. The molecule has 4 atom stereocenters. The van der Waals surface area contributed by atoms with E-state index in [2.05, 4.69) is 15.1 Å². The number of alkyl carbamates (subject to hydrolysis) is 1. The van der Waals surface area contributed by atoms with Gasteiger partial charge < -0.3 is 29.5 Å². The van der Waals surface area contributed by atoms with Gasteiger partial charge in [0.05, 0.1) is 35.8 Å². The van der Waals surface area contributed by atoms with E-state index in [0.29, 0.717) is 24.2 Å². The average Bonchev–Trinajstić information content (AvgIpc) is 3.48. The molecule has 0 spiro atoms. The van der Waals surface area contributed by atoms with Crippen LogP contribution >= 0.6 is 0 Å². The lowest BCUT2D eigenvalue weighted by molar-refractivity contribution is -0.384. The summed E-state index contributed by atoms with van der Waals surface area (Å²) in [6.45, 7) is 3.62. The summed E-state index contributed by atoms with van der Waals surface area (Å²) in [5, 5.41) is 23.2. The van der Waals surface area contributed by atoms with Crippen LogP contribution in [0.1, 0.15) is 47.5 Å². The summed E-state index contributed by atoms with van der Waals surface area (Å²) in [7, 11) is 0. The predicted molar refractivity (Wildman–Crippen MR) is 197 cm³/mol. The SMILES string of the molecule is O=C(NC1CC(=O)N(c2cccc([C@@H]3O[C@H](CN4CCN(c5ccc([N+](=O)[O-])cc5)CC4)C[C@H](c4ccc(CO)cc4)O3)c2)C1=O)OCc1ccccc1. The van der Waals surface area contributed by atoms with Crippen LogP contribution in [-0.4, -0.2) is 77.7 Å². The lowest BCUT2D eigenvalue weighted by atomic mass is 9.99. The van der Waals surface area contributed by atoms with E-state index in [0.717, 1.165) is 53.5 Å². The Hall–Kier alpha value is -5.67. The first-order chi connectivity index (χ1) is 26.2. The van der Waals surface area contributed by atoms with Gasteiger partial charge in [-0.15, -0.1) is 0 Å². The first kappa shape index (κ1) is 36.7. The number of rotatable bonds is 11. The second-order valence-corrected chi connectivity index (χ2v) is 13.5. The minimum absolute atomic E-state index is 0.0284. The summed E-state index contributed by atoms with van der Waals surface area (Å²) in [5.74, 6) is -1.02. The van der Waals surface area contributed by atoms with Gasteiger partial charge in [-0.2, -0.15) is 0 Å². The normalized spacial score (nSPS) is 21.9. The summed E-state index contributed by atoms with van der Waals surface area (Å²) >= 11 is 0. The number of piperazine rings is 1. The average molecular weight is 736 g/mol. The van der Waals surface area contributed by atoms with Crippen LogP contribution in [0.2, 0.25) is 0 Å². The van der Waals surface area contributed by atoms with Gasteiger partial charge in [-0.3, -0.25) is 24.6 Å². The van der Waals surface area contributed by atoms with Crippen LogP contribution in [0.4, 0.5) is 21.9 Å². The highest BCUT2D eigenvalue weighted by atomic mass is 16.7. The molecule has 0 radical (unpaired) electrons. The molecular weight excluding hydrogens is 694 g/mol. The second-order valence-electron chi connectivity index (χ2n) is 13.5. The molecule has 7 rings (SSSR count). The lowest BCUT2D eigenvalue weighted by Crippen LogP contribution is -2.49. The van der Waals surface area contributed by atoms with E-state index in [1.165, 1.54) is 12.1 Å². The first-order valence-electron chi connectivity index (χ1n) is 17.9. The quantitative estimate of drug-likeness (QED) is 0.121. The highest BCUT2D eigenvalue weighted by molar-refractivity contribution is 6.22. The number of benzene rings is 4. The van der Waals surface area contributed by atoms with Gasteiger partial charge in [0.15, 0.2) is 6.29 Å². The number of aliphatic hydroxyl groups excluding tert-OH is 1. The van der Waals surface area contributed by atoms with Crippen molar-refractivity contribution in [1.82, 2.24) is 10.2 Å². The minimum atomic E-state index is -1.07.